The summed E-state index contributed by atoms with van der Waals surface area (Å²) in [5.74, 6) is -1.10. The van der Waals surface area contributed by atoms with Gasteiger partial charge < -0.3 is 23.9 Å². The fraction of sp³-hybridized carbons (Fsp3) is 0.182. The summed E-state index contributed by atoms with van der Waals surface area (Å²) in [7, 11) is 2.73. The van der Waals surface area contributed by atoms with E-state index in [1.54, 1.807) is 0 Å². The smallest absolute Gasteiger partial charge is 0.416 e. The van der Waals surface area contributed by atoms with E-state index >= 15 is 0 Å². The maximum Gasteiger partial charge on any atom is 0.416 e. The minimum atomic E-state index is -4.52. The Morgan fingerprint density at radius 2 is 1.72 bits per heavy atom. The van der Waals surface area contributed by atoms with Crippen molar-refractivity contribution in [1.82, 2.24) is 0 Å². The van der Waals surface area contributed by atoms with E-state index in [-0.39, 0.29) is 34.1 Å². The van der Waals surface area contributed by atoms with Crippen LogP contribution in [0.1, 0.15) is 32.0 Å². The van der Waals surface area contributed by atoms with E-state index in [1.165, 1.54) is 56.9 Å². The number of benzene rings is 2. The molecule has 2 aromatic carbocycles. The predicted octanol–water partition coefficient (Wildman–Crippen LogP) is 4.92. The van der Waals surface area contributed by atoms with Crippen LogP contribution in [0.2, 0.25) is 0 Å². The van der Waals surface area contributed by atoms with E-state index in [0.717, 1.165) is 12.1 Å². The Morgan fingerprint density at radius 1 is 1.00 bits per heavy atom. The molecular weight excluding hydrogens is 431 g/mol. The van der Waals surface area contributed by atoms with Gasteiger partial charge in [0.25, 0.3) is 5.91 Å². The molecule has 0 saturated carbocycles. The zero-order valence-corrected chi connectivity index (χ0v) is 17.0. The molecule has 0 spiro atoms. The maximum absolute atomic E-state index is 12.9. The molecule has 1 N–H and O–H groups in total. The minimum Gasteiger partial charge on any atom is -0.493 e. The van der Waals surface area contributed by atoms with Crippen LogP contribution in [0.4, 0.5) is 18.9 Å². The Bertz CT molecular complexity index is 1110. The number of carbonyl (C=O) groups excluding carboxylic acids is 2. The van der Waals surface area contributed by atoms with E-state index < -0.39 is 30.2 Å². The van der Waals surface area contributed by atoms with Gasteiger partial charge in [-0.2, -0.15) is 13.2 Å². The number of amides is 1. The molecule has 0 saturated heterocycles. The Labute approximate surface area is 180 Å². The Hall–Kier alpha value is -3.95. The van der Waals surface area contributed by atoms with Crippen LogP contribution in [0.15, 0.2) is 59.2 Å². The summed E-state index contributed by atoms with van der Waals surface area (Å²) in [6.45, 7) is -0.414. The van der Waals surface area contributed by atoms with Gasteiger partial charge >= 0.3 is 12.1 Å². The summed E-state index contributed by atoms with van der Waals surface area (Å²) in [6, 6.07) is 10.0. The van der Waals surface area contributed by atoms with Crippen molar-refractivity contribution < 1.29 is 41.4 Å². The van der Waals surface area contributed by atoms with Gasteiger partial charge in [-0.15, -0.1) is 0 Å². The normalized spacial score (nSPS) is 11.0. The van der Waals surface area contributed by atoms with Crippen molar-refractivity contribution in [2.24, 2.45) is 0 Å². The number of methoxy groups -OCH3 is 2. The van der Waals surface area contributed by atoms with Gasteiger partial charge in [-0.05, 0) is 29.8 Å². The van der Waals surface area contributed by atoms with E-state index in [2.05, 4.69) is 5.32 Å². The predicted molar refractivity (Wildman–Crippen MR) is 107 cm³/mol. The average molecular weight is 449 g/mol. The highest BCUT2D eigenvalue weighted by molar-refractivity contribution is 6.07. The molecule has 168 valence electrons. The van der Waals surface area contributed by atoms with Crippen molar-refractivity contribution in [2.45, 2.75) is 12.8 Å². The average Bonchev–Trinajstić information content (AvgIpc) is 3.32. The fourth-order valence-corrected chi connectivity index (χ4v) is 2.81. The lowest BCUT2D eigenvalue weighted by atomic mass is 10.1. The molecule has 0 atom stereocenters. The number of rotatable bonds is 7. The standard InChI is InChI=1S/C22H18F3NO6/c1-29-18-10-15(16(11-19(18)30-2)26-20(27)17-7-4-8-31-17)21(28)32-12-13-5-3-6-14(9-13)22(23,24)25/h3-11H,12H2,1-2H3,(H,26,27). The summed E-state index contributed by atoms with van der Waals surface area (Å²) >= 11 is 0. The molecule has 32 heavy (non-hydrogen) atoms. The summed E-state index contributed by atoms with van der Waals surface area (Å²) in [5, 5.41) is 2.53. The molecule has 3 aromatic rings. The molecule has 1 heterocycles. The molecular formula is C22H18F3NO6. The topological polar surface area (TPSA) is 87.0 Å². The number of ether oxygens (including phenoxy) is 3. The molecule has 0 aliphatic carbocycles. The lowest BCUT2D eigenvalue weighted by molar-refractivity contribution is -0.137. The third-order valence-corrected chi connectivity index (χ3v) is 4.36. The Balaban J connectivity index is 1.86. The molecule has 0 aliphatic rings. The van der Waals surface area contributed by atoms with E-state index in [9.17, 15) is 22.8 Å². The SMILES string of the molecule is COc1cc(NC(=O)c2ccco2)c(C(=O)OCc2cccc(C(F)(F)F)c2)cc1OC. The number of halogens is 3. The number of esters is 1. The van der Waals surface area contributed by atoms with Gasteiger partial charge in [0.2, 0.25) is 0 Å². The van der Waals surface area contributed by atoms with Crippen molar-refractivity contribution in [3.05, 3.63) is 77.2 Å². The zero-order chi connectivity index (χ0) is 23.3. The number of hydrogen-bond donors (Lipinski definition) is 1. The molecule has 7 nitrogen and oxygen atoms in total. The largest absolute Gasteiger partial charge is 0.493 e. The summed E-state index contributed by atoms with van der Waals surface area (Å²) in [6.07, 6.45) is -3.21. The second kappa shape index (κ2) is 9.46. The number of nitrogens with one attached hydrogen (secondary N) is 1. The molecule has 10 heteroatoms. The van der Waals surface area contributed by atoms with E-state index in [4.69, 9.17) is 18.6 Å². The molecule has 0 unspecified atom stereocenters. The van der Waals surface area contributed by atoms with Crippen molar-refractivity contribution in [3.63, 3.8) is 0 Å². The highest BCUT2D eigenvalue weighted by atomic mass is 19.4. The molecule has 0 radical (unpaired) electrons. The third-order valence-electron chi connectivity index (χ3n) is 4.36. The first kappa shape index (κ1) is 22.7. The minimum absolute atomic E-state index is 0.00284. The first-order valence-electron chi connectivity index (χ1n) is 9.17. The number of alkyl halides is 3. The van der Waals surface area contributed by atoms with Crippen molar-refractivity contribution in [3.8, 4) is 11.5 Å². The Morgan fingerprint density at radius 3 is 2.34 bits per heavy atom. The van der Waals surface area contributed by atoms with Gasteiger partial charge in [-0.1, -0.05) is 12.1 Å². The van der Waals surface area contributed by atoms with E-state index in [1.807, 2.05) is 0 Å². The van der Waals surface area contributed by atoms with Crippen LogP contribution in [0.5, 0.6) is 11.5 Å². The number of hydrogen-bond acceptors (Lipinski definition) is 6. The van der Waals surface area contributed by atoms with Crippen molar-refractivity contribution in [1.29, 1.82) is 0 Å². The Kier molecular flexibility index (Phi) is 6.72. The van der Waals surface area contributed by atoms with E-state index in [0.29, 0.717) is 0 Å². The van der Waals surface area contributed by atoms with Crippen LogP contribution in [-0.2, 0) is 17.5 Å². The van der Waals surface area contributed by atoms with Gasteiger partial charge in [-0.3, -0.25) is 4.79 Å². The third kappa shape index (κ3) is 5.20. The van der Waals surface area contributed by atoms with Gasteiger partial charge in [0, 0.05) is 12.1 Å². The summed E-state index contributed by atoms with van der Waals surface area (Å²) in [4.78, 5) is 25.1. The van der Waals surface area contributed by atoms with Crippen molar-refractivity contribution >= 4 is 17.6 Å². The molecule has 0 aliphatic heterocycles. The van der Waals surface area contributed by atoms with Crippen LogP contribution in [-0.4, -0.2) is 26.1 Å². The lowest BCUT2D eigenvalue weighted by Crippen LogP contribution is -2.16. The number of furan rings is 1. The highest BCUT2D eigenvalue weighted by Gasteiger charge is 2.30. The molecule has 0 bridgehead atoms. The summed E-state index contributed by atoms with van der Waals surface area (Å²) in [5.41, 5.74) is -0.758. The number of anilines is 1. The molecule has 3 rings (SSSR count). The summed E-state index contributed by atoms with van der Waals surface area (Å²) < 4.78 is 59.3. The van der Waals surface area contributed by atoms with Crippen LogP contribution in [0, 0.1) is 0 Å². The van der Waals surface area contributed by atoms with Crippen molar-refractivity contribution in [2.75, 3.05) is 19.5 Å². The van der Waals surface area contributed by atoms with Gasteiger partial charge in [0.15, 0.2) is 17.3 Å². The molecule has 0 fully saturated rings. The van der Waals surface area contributed by atoms with Crippen LogP contribution in [0.25, 0.3) is 0 Å². The first-order chi connectivity index (χ1) is 15.2. The monoisotopic (exact) mass is 449 g/mol. The molecule has 1 amide bonds. The second-order valence-electron chi connectivity index (χ2n) is 6.46. The lowest BCUT2D eigenvalue weighted by Gasteiger charge is -2.15. The molecule has 1 aromatic heterocycles. The van der Waals surface area contributed by atoms with Crippen LogP contribution in [0.3, 0.4) is 0 Å². The van der Waals surface area contributed by atoms with Gasteiger partial charge in [0.1, 0.15) is 6.61 Å². The van der Waals surface area contributed by atoms with Crippen LogP contribution < -0.4 is 14.8 Å². The van der Waals surface area contributed by atoms with Gasteiger partial charge in [0.05, 0.1) is 37.3 Å². The quantitative estimate of drug-likeness (QED) is 0.515. The highest BCUT2D eigenvalue weighted by Crippen LogP contribution is 2.34. The van der Waals surface area contributed by atoms with Gasteiger partial charge in [-0.25, -0.2) is 4.79 Å². The zero-order valence-electron chi connectivity index (χ0n) is 17.0. The first-order valence-corrected chi connectivity index (χ1v) is 9.17. The fourth-order valence-electron chi connectivity index (χ4n) is 2.81. The maximum atomic E-state index is 12.9. The number of carbonyl (C=O) groups is 2. The second-order valence-corrected chi connectivity index (χ2v) is 6.46. The van der Waals surface area contributed by atoms with Crippen LogP contribution >= 0.6 is 0 Å².